The van der Waals surface area contributed by atoms with Crippen LogP contribution in [0, 0.1) is 5.21 Å². The van der Waals surface area contributed by atoms with E-state index in [1.807, 2.05) is 0 Å². The molecule has 0 aromatic carbocycles. The molecule has 1 heterocycles. The van der Waals surface area contributed by atoms with Crippen molar-refractivity contribution in [3.63, 3.8) is 0 Å². The Hall–Kier alpha value is -0.450. The second-order valence-electron chi connectivity index (χ2n) is 2.42. The minimum absolute atomic E-state index is 0.164. The maximum Gasteiger partial charge on any atom is 0.126 e. The predicted octanol–water partition coefficient (Wildman–Crippen LogP) is -0.464. The first-order valence-electron chi connectivity index (χ1n) is 2.98. The smallest absolute Gasteiger partial charge is 0.126 e. The molecule has 1 aliphatic heterocycles. The summed E-state index contributed by atoms with van der Waals surface area (Å²) in [4.78, 5) is 9.89. The topological polar surface area (TPSA) is 66.2 Å². The summed E-state index contributed by atoms with van der Waals surface area (Å²) in [5.41, 5.74) is 0. The third kappa shape index (κ3) is 1.10. The lowest BCUT2D eigenvalue weighted by atomic mass is 10.0. The van der Waals surface area contributed by atoms with Gasteiger partial charge in [-0.3, -0.25) is 4.76 Å². The quantitative estimate of drug-likeness (QED) is 0.238. The Morgan fingerprint density at radius 2 is 2.56 bits per heavy atom. The molecule has 0 aromatic rings. The number of nitrogens with zero attached hydrogens (tertiary/aromatic N) is 1. The van der Waals surface area contributed by atoms with Gasteiger partial charge in [0.25, 0.3) is 0 Å². The average molecular weight is 130 g/mol. The van der Waals surface area contributed by atoms with Crippen LogP contribution in [-0.2, 0) is 4.79 Å². The molecule has 1 rings (SSSR count). The molecule has 0 aromatic heterocycles. The molecule has 1 fully saturated rings. The molecule has 0 aliphatic carbocycles. The van der Waals surface area contributed by atoms with Gasteiger partial charge in [0.2, 0.25) is 0 Å². The van der Waals surface area contributed by atoms with E-state index >= 15 is 0 Å². The highest BCUT2D eigenvalue weighted by Gasteiger charge is 2.36. The molecule has 1 aliphatic rings. The summed E-state index contributed by atoms with van der Waals surface area (Å²) in [5.74, 6) is 5.17. The highest BCUT2D eigenvalue weighted by atomic mass is 16.6. The monoisotopic (exact) mass is 130 g/mol. The molecule has 0 radical (unpaired) electrons. The van der Waals surface area contributed by atoms with Crippen molar-refractivity contribution < 1.29 is 9.55 Å². The number of aldehydes is 1. The van der Waals surface area contributed by atoms with Gasteiger partial charge < -0.3 is 10.0 Å². The first kappa shape index (κ1) is 6.67. The first-order chi connectivity index (χ1) is 4.17. The molecule has 9 heavy (non-hydrogen) atoms. The Bertz CT molecular complexity index is 124. The molecule has 0 spiro atoms. The largest absolute Gasteiger partial charge is 0.611 e. The van der Waals surface area contributed by atoms with E-state index in [1.54, 1.807) is 0 Å². The van der Waals surface area contributed by atoms with Crippen molar-refractivity contribution in [2.45, 2.75) is 18.9 Å². The number of carbonyl (C=O) groups excluding carboxylic acids is 1. The van der Waals surface area contributed by atoms with Crippen LogP contribution < -0.4 is 5.84 Å². The summed E-state index contributed by atoms with van der Waals surface area (Å²) >= 11 is 0. The van der Waals surface area contributed by atoms with Gasteiger partial charge in [-0.2, -0.15) is 5.84 Å². The number of carbonyl (C=O) groups is 1. The van der Waals surface area contributed by atoms with E-state index in [2.05, 4.69) is 0 Å². The van der Waals surface area contributed by atoms with Crippen molar-refractivity contribution in [2.24, 2.45) is 5.84 Å². The zero-order valence-electron chi connectivity index (χ0n) is 5.12. The van der Waals surface area contributed by atoms with E-state index < -0.39 is 4.76 Å². The molecule has 1 saturated heterocycles. The summed E-state index contributed by atoms with van der Waals surface area (Å²) < 4.78 is -0.710. The van der Waals surface area contributed by atoms with Crippen molar-refractivity contribution in [1.29, 1.82) is 0 Å². The molecule has 0 bridgehead atoms. The summed E-state index contributed by atoms with van der Waals surface area (Å²) in [7, 11) is 0. The SMILES string of the molecule is N[N+]1([O-])CCC1CC=O. The Labute approximate surface area is 53.4 Å². The fourth-order valence-corrected chi connectivity index (χ4v) is 0.974. The summed E-state index contributed by atoms with van der Waals surface area (Å²) in [6.45, 7) is 0.457. The highest BCUT2D eigenvalue weighted by Crippen LogP contribution is 2.22. The van der Waals surface area contributed by atoms with Gasteiger partial charge in [0.1, 0.15) is 18.9 Å². The third-order valence-electron chi connectivity index (χ3n) is 1.80. The Morgan fingerprint density at radius 3 is 2.67 bits per heavy atom. The summed E-state index contributed by atoms with van der Waals surface area (Å²) in [6.07, 6.45) is 1.85. The van der Waals surface area contributed by atoms with Crippen molar-refractivity contribution in [2.75, 3.05) is 6.54 Å². The molecule has 4 heteroatoms. The maximum atomic E-state index is 10.8. The molecule has 0 amide bonds. The summed E-state index contributed by atoms with van der Waals surface area (Å²) in [6, 6.07) is -0.164. The number of quaternary nitrogens is 1. The number of rotatable bonds is 2. The Balaban J connectivity index is 2.36. The van der Waals surface area contributed by atoms with E-state index in [9.17, 15) is 10.0 Å². The number of hydroxylamine groups is 2. The van der Waals surface area contributed by atoms with Gasteiger partial charge in [-0.25, -0.2) is 0 Å². The molecule has 2 N–H and O–H groups in total. The standard InChI is InChI=1S/C5H10N2O2/c6-7(9)3-1-5(7)2-4-8/h4-5H,1-3,6H2. The second-order valence-corrected chi connectivity index (χ2v) is 2.42. The van der Waals surface area contributed by atoms with Crippen LogP contribution in [0.3, 0.4) is 0 Å². The molecule has 4 nitrogen and oxygen atoms in total. The Kier molecular flexibility index (Phi) is 1.52. The van der Waals surface area contributed by atoms with E-state index in [4.69, 9.17) is 5.84 Å². The number of hydrogen-bond donors (Lipinski definition) is 1. The summed E-state index contributed by atoms with van der Waals surface area (Å²) in [5, 5.41) is 10.8. The molecule has 0 saturated carbocycles. The van der Waals surface area contributed by atoms with Gasteiger partial charge >= 0.3 is 0 Å². The number of hydrogen-bond acceptors (Lipinski definition) is 3. The van der Waals surface area contributed by atoms with E-state index in [1.165, 1.54) is 0 Å². The molecule has 2 unspecified atom stereocenters. The van der Waals surface area contributed by atoms with Gasteiger partial charge in [0, 0.05) is 0 Å². The second kappa shape index (κ2) is 2.06. The van der Waals surface area contributed by atoms with Crippen LogP contribution in [0.4, 0.5) is 0 Å². The van der Waals surface area contributed by atoms with Crippen LogP contribution in [0.1, 0.15) is 12.8 Å². The van der Waals surface area contributed by atoms with E-state index in [0.29, 0.717) is 13.0 Å². The highest BCUT2D eigenvalue weighted by molar-refractivity contribution is 5.50. The third-order valence-corrected chi connectivity index (χ3v) is 1.80. The number of nitrogens with two attached hydrogens (primary N) is 1. The predicted molar refractivity (Wildman–Crippen MR) is 31.8 cm³/mol. The van der Waals surface area contributed by atoms with Gasteiger partial charge in [-0.05, 0) is 0 Å². The fourth-order valence-electron chi connectivity index (χ4n) is 0.974. The van der Waals surface area contributed by atoms with E-state index in [-0.39, 0.29) is 6.04 Å². The van der Waals surface area contributed by atoms with Gasteiger partial charge in [0.15, 0.2) is 0 Å². The van der Waals surface area contributed by atoms with Gasteiger partial charge in [0.05, 0.1) is 12.8 Å². The Morgan fingerprint density at radius 1 is 1.89 bits per heavy atom. The molecule has 52 valence electrons. The van der Waals surface area contributed by atoms with Crippen molar-refractivity contribution in [1.82, 2.24) is 0 Å². The lowest BCUT2D eigenvalue weighted by molar-refractivity contribution is -0.956. The van der Waals surface area contributed by atoms with Crippen molar-refractivity contribution in [3.8, 4) is 0 Å². The fraction of sp³-hybridized carbons (Fsp3) is 0.800. The average Bonchev–Trinajstić information content (AvgIpc) is 1.81. The van der Waals surface area contributed by atoms with Gasteiger partial charge in [-0.15, -0.1) is 0 Å². The minimum Gasteiger partial charge on any atom is -0.611 e. The zero-order chi connectivity index (χ0) is 6.91. The van der Waals surface area contributed by atoms with Gasteiger partial charge in [-0.1, -0.05) is 0 Å². The first-order valence-corrected chi connectivity index (χ1v) is 2.98. The lowest BCUT2D eigenvalue weighted by Crippen LogP contribution is -2.65. The normalized spacial score (nSPS) is 41.8. The molecular weight excluding hydrogens is 120 g/mol. The lowest BCUT2D eigenvalue weighted by Gasteiger charge is -2.50. The minimum atomic E-state index is -0.710. The van der Waals surface area contributed by atoms with Crippen LogP contribution in [0.5, 0.6) is 0 Å². The van der Waals surface area contributed by atoms with Crippen LogP contribution in [0.25, 0.3) is 0 Å². The van der Waals surface area contributed by atoms with Crippen molar-refractivity contribution in [3.05, 3.63) is 5.21 Å². The van der Waals surface area contributed by atoms with Crippen LogP contribution >= 0.6 is 0 Å². The molecular formula is C5H10N2O2. The van der Waals surface area contributed by atoms with Crippen LogP contribution in [0.15, 0.2) is 0 Å². The maximum absolute atomic E-state index is 10.8. The zero-order valence-corrected chi connectivity index (χ0v) is 5.12. The molecule has 2 atom stereocenters. The van der Waals surface area contributed by atoms with Crippen molar-refractivity contribution >= 4 is 6.29 Å². The van der Waals surface area contributed by atoms with Crippen LogP contribution in [-0.4, -0.2) is 23.6 Å². The van der Waals surface area contributed by atoms with Crippen LogP contribution in [0.2, 0.25) is 0 Å². The van der Waals surface area contributed by atoms with E-state index in [0.717, 1.165) is 12.7 Å².